The number of nitrogens with one attached hydrogen (secondary N) is 1. The first kappa shape index (κ1) is 13.0. The molecule has 0 aliphatic carbocycles. The van der Waals surface area contributed by atoms with E-state index < -0.39 is 0 Å². The Morgan fingerprint density at radius 1 is 1.25 bits per heavy atom. The molecule has 0 saturated heterocycles. The molecule has 0 fully saturated rings. The van der Waals surface area contributed by atoms with Crippen molar-refractivity contribution in [2.45, 2.75) is 33.6 Å². The van der Waals surface area contributed by atoms with E-state index in [0.717, 1.165) is 13.1 Å². The van der Waals surface area contributed by atoms with E-state index in [-0.39, 0.29) is 0 Å². The number of benzene rings is 1. The summed E-state index contributed by atoms with van der Waals surface area (Å²) in [5.41, 5.74) is 4.07. The molecule has 1 heteroatoms. The lowest BCUT2D eigenvalue weighted by molar-refractivity contribution is 0.778. The average molecular weight is 217 g/mol. The molecule has 0 atom stereocenters. The van der Waals surface area contributed by atoms with Crippen LogP contribution in [0.2, 0.25) is 0 Å². The van der Waals surface area contributed by atoms with Crippen molar-refractivity contribution in [3.63, 3.8) is 0 Å². The number of hydrogen-bond acceptors (Lipinski definition) is 1. The minimum absolute atomic E-state index is 0.612. The Balaban J connectivity index is 2.67. The van der Waals surface area contributed by atoms with E-state index in [1.54, 1.807) is 0 Å². The van der Waals surface area contributed by atoms with E-state index >= 15 is 0 Å². The highest BCUT2D eigenvalue weighted by molar-refractivity contribution is 5.53. The largest absolute Gasteiger partial charge is 0.313 e. The predicted octanol–water partition coefficient (Wildman–Crippen LogP) is 3.82. The van der Waals surface area contributed by atoms with E-state index in [9.17, 15) is 0 Å². The fourth-order valence-corrected chi connectivity index (χ4v) is 1.63. The molecule has 0 spiro atoms. The van der Waals surface area contributed by atoms with Crippen molar-refractivity contribution in [2.75, 3.05) is 13.1 Å². The standard InChI is InChI=1S/C15H23N/c1-5-16-11-13(4)10-14-6-8-15(9-7-14)12(2)3/h6-10,12,16H,5,11H2,1-4H3. The molecule has 0 aliphatic rings. The summed E-state index contributed by atoms with van der Waals surface area (Å²) in [5.74, 6) is 0.612. The van der Waals surface area contributed by atoms with Gasteiger partial charge >= 0.3 is 0 Å². The third-order valence-corrected chi connectivity index (χ3v) is 2.67. The molecular weight excluding hydrogens is 194 g/mol. The molecule has 0 amide bonds. The average Bonchev–Trinajstić information content (AvgIpc) is 2.27. The lowest BCUT2D eigenvalue weighted by Crippen LogP contribution is -2.14. The van der Waals surface area contributed by atoms with Crippen LogP contribution in [-0.4, -0.2) is 13.1 Å². The second-order valence-electron chi connectivity index (χ2n) is 4.59. The highest BCUT2D eigenvalue weighted by Gasteiger charge is 1.97. The first-order valence-electron chi connectivity index (χ1n) is 6.11. The van der Waals surface area contributed by atoms with Gasteiger partial charge in [0.25, 0.3) is 0 Å². The molecule has 88 valence electrons. The Hall–Kier alpha value is -1.08. The van der Waals surface area contributed by atoms with Gasteiger partial charge in [0, 0.05) is 6.54 Å². The van der Waals surface area contributed by atoms with E-state index in [1.165, 1.54) is 16.7 Å². The van der Waals surface area contributed by atoms with Gasteiger partial charge in [-0.1, -0.05) is 56.7 Å². The van der Waals surface area contributed by atoms with Crippen LogP contribution >= 0.6 is 0 Å². The summed E-state index contributed by atoms with van der Waals surface area (Å²) in [5, 5.41) is 3.33. The molecule has 1 aromatic carbocycles. The zero-order valence-corrected chi connectivity index (χ0v) is 10.9. The molecule has 0 bridgehead atoms. The number of hydrogen-bond donors (Lipinski definition) is 1. The van der Waals surface area contributed by atoms with Crippen LogP contribution < -0.4 is 5.32 Å². The molecule has 0 aliphatic heterocycles. The Bertz CT molecular complexity index is 333. The van der Waals surface area contributed by atoms with Crippen LogP contribution in [0.3, 0.4) is 0 Å². The molecule has 16 heavy (non-hydrogen) atoms. The Morgan fingerprint density at radius 2 is 1.88 bits per heavy atom. The Morgan fingerprint density at radius 3 is 2.38 bits per heavy atom. The third kappa shape index (κ3) is 4.19. The van der Waals surface area contributed by atoms with E-state index in [2.05, 4.69) is 63.4 Å². The van der Waals surface area contributed by atoms with Gasteiger partial charge in [-0.15, -0.1) is 0 Å². The van der Waals surface area contributed by atoms with Crippen LogP contribution in [0.1, 0.15) is 44.7 Å². The lowest BCUT2D eigenvalue weighted by atomic mass is 10.0. The van der Waals surface area contributed by atoms with Gasteiger partial charge < -0.3 is 5.32 Å². The zero-order valence-electron chi connectivity index (χ0n) is 10.9. The van der Waals surface area contributed by atoms with Crippen molar-refractivity contribution in [3.05, 3.63) is 41.0 Å². The summed E-state index contributed by atoms with van der Waals surface area (Å²) in [7, 11) is 0. The normalized spacial score (nSPS) is 12.2. The molecule has 1 N–H and O–H groups in total. The van der Waals surface area contributed by atoms with E-state index in [4.69, 9.17) is 0 Å². The molecule has 0 aromatic heterocycles. The SMILES string of the molecule is CCNCC(C)=Cc1ccc(C(C)C)cc1. The maximum atomic E-state index is 3.33. The van der Waals surface area contributed by atoms with E-state index in [1.807, 2.05) is 0 Å². The van der Waals surface area contributed by atoms with Crippen molar-refractivity contribution in [3.8, 4) is 0 Å². The summed E-state index contributed by atoms with van der Waals surface area (Å²) in [6, 6.07) is 8.84. The molecule has 1 rings (SSSR count). The van der Waals surface area contributed by atoms with Crippen molar-refractivity contribution >= 4 is 6.08 Å². The summed E-state index contributed by atoms with van der Waals surface area (Å²) in [6.45, 7) is 10.7. The predicted molar refractivity (Wildman–Crippen MR) is 72.7 cm³/mol. The van der Waals surface area contributed by atoms with Gasteiger partial charge in [0.05, 0.1) is 0 Å². The van der Waals surface area contributed by atoms with Crippen LogP contribution in [0.4, 0.5) is 0 Å². The van der Waals surface area contributed by atoms with E-state index in [0.29, 0.717) is 5.92 Å². The smallest absolute Gasteiger partial charge is 0.0165 e. The van der Waals surface area contributed by atoms with Gasteiger partial charge in [-0.05, 0) is 30.5 Å². The molecule has 0 heterocycles. The molecule has 0 unspecified atom stereocenters. The Kier molecular flexibility index (Phi) is 5.27. The third-order valence-electron chi connectivity index (χ3n) is 2.67. The molecule has 0 radical (unpaired) electrons. The minimum Gasteiger partial charge on any atom is -0.313 e. The van der Waals surface area contributed by atoms with Gasteiger partial charge in [0.2, 0.25) is 0 Å². The van der Waals surface area contributed by atoms with Crippen LogP contribution in [0.15, 0.2) is 29.8 Å². The molecular formula is C15H23N. The van der Waals surface area contributed by atoms with Crippen molar-refractivity contribution in [2.24, 2.45) is 0 Å². The van der Waals surface area contributed by atoms with Gasteiger partial charge in [0.15, 0.2) is 0 Å². The highest BCUT2D eigenvalue weighted by atomic mass is 14.8. The summed E-state index contributed by atoms with van der Waals surface area (Å²) in [6.07, 6.45) is 2.24. The molecule has 1 aromatic rings. The maximum absolute atomic E-state index is 3.33. The lowest BCUT2D eigenvalue weighted by Gasteiger charge is -2.06. The summed E-state index contributed by atoms with van der Waals surface area (Å²) >= 11 is 0. The molecule has 0 saturated carbocycles. The van der Waals surface area contributed by atoms with Crippen LogP contribution in [0.5, 0.6) is 0 Å². The maximum Gasteiger partial charge on any atom is 0.0165 e. The van der Waals surface area contributed by atoms with Gasteiger partial charge in [-0.25, -0.2) is 0 Å². The second kappa shape index (κ2) is 6.49. The first-order chi connectivity index (χ1) is 7.63. The monoisotopic (exact) mass is 217 g/mol. The van der Waals surface area contributed by atoms with Crippen LogP contribution in [-0.2, 0) is 0 Å². The van der Waals surface area contributed by atoms with Gasteiger partial charge in [-0.3, -0.25) is 0 Å². The van der Waals surface area contributed by atoms with Crippen molar-refractivity contribution in [1.82, 2.24) is 5.32 Å². The van der Waals surface area contributed by atoms with Gasteiger partial charge in [0.1, 0.15) is 0 Å². The number of rotatable bonds is 5. The fraction of sp³-hybridized carbons (Fsp3) is 0.467. The van der Waals surface area contributed by atoms with Gasteiger partial charge in [-0.2, -0.15) is 0 Å². The summed E-state index contributed by atoms with van der Waals surface area (Å²) < 4.78 is 0. The first-order valence-corrected chi connectivity index (χ1v) is 6.11. The zero-order chi connectivity index (χ0) is 12.0. The van der Waals surface area contributed by atoms with Crippen molar-refractivity contribution in [1.29, 1.82) is 0 Å². The van der Waals surface area contributed by atoms with Crippen LogP contribution in [0.25, 0.3) is 6.08 Å². The highest BCUT2D eigenvalue weighted by Crippen LogP contribution is 2.15. The topological polar surface area (TPSA) is 12.0 Å². The summed E-state index contributed by atoms with van der Waals surface area (Å²) in [4.78, 5) is 0. The number of likely N-dealkylation sites (N-methyl/N-ethyl adjacent to an activating group) is 1. The van der Waals surface area contributed by atoms with Crippen molar-refractivity contribution < 1.29 is 0 Å². The fourth-order valence-electron chi connectivity index (χ4n) is 1.63. The molecule has 1 nitrogen and oxygen atoms in total. The minimum atomic E-state index is 0.612. The van der Waals surface area contributed by atoms with Crippen LogP contribution in [0, 0.1) is 0 Å². The second-order valence-corrected chi connectivity index (χ2v) is 4.59. The Labute approximate surface area is 99.6 Å². The quantitative estimate of drug-likeness (QED) is 0.790.